The summed E-state index contributed by atoms with van der Waals surface area (Å²) in [6.45, 7) is 1.24. The Balaban J connectivity index is 1.38. The van der Waals surface area contributed by atoms with Crippen molar-refractivity contribution in [2.45, 2.75) is 25.3 Å². The second-order valence-corrected chi connectivity index (χ2v) is 8.37. The van der Waals surface area contributed by atoms with Gasteiger partial charge in [-0.25, -0.2) is 9.48 Å². The first-order valence-electron chi connectivity index (χ1n) is 10.7. The standard InChI is InChI=1S/C24H23N5O4/c1-15-20(21(31)29(27(15)2)17-9-4-3-5-10-17)25-19(30)14-28-22(32)24(26-23(28)33)13-12-16-8-6-7-11-18(16)24/h3-11H,12-14H2,1-2H3,(H,25,30)(H,26,33)/t24-/m0/s1. The first-order valence-corrected chi connectivity index (χ1v) is 10.7. The third kappa shape index (κ3) is 3.07. The number of hydrogen-bond acceptors (Lipinski definition) is 4. The summed E-state index contributed by atoms with van der Waals surface area (Å²) in [4.78, 5) is 52.7. The molecule has 3 aromatic rings. The number of para-hydroxylation sites is 1. The molecule has 2 aromatic carbocycles. The number of amides is 4. The van der Waals surface area contributed by atoms with Gasteiger partial charge in [-0.1, -0.05) is 42.5 Å². The summed E-state index contributed by atoms with van der Waals surface area (Å²) < 4.78 is 3.09. The molecule has 9 nitrogen and oxygen atoms in total. The average Bonchev–Trinajstić information content (AvgIpc) is 3.37. The Labute approximate surface area is 189 Å². The molecule has 1 spiro atoms. The second kappa shape index (κ2) is 7.47. The first-order chi connectivity index (χ1) is 15.8. The maximum absolute atomic E-state index is 13.3. The molecular formula is C24H23N5O4. The van der Waals surface area contributed by atoms with Gasteiger partial charge in [0.15, 0.2) is 0 Å². The average molecular weight is 445 g/mol. The van der Waals surface area contributed by atoms with Crippen LogP contribution in [0.1, 0.15) is 23.2 Å². The van der Waals surface area contributed by atoms with E-state index >= 15 is 0 Å². The molecular weight excluding hydrogens is 422 g/mol. The van der Waals surface area contributed by atoms with E-state index in [1.165, 1.54) is 4.68 Å². The molecule has 5 rings (SSSR count). The Hall–Kier alpha value is -4.14. The lowest BCUT2D eigenvalue weighted by molar-refractivity contribution is -0.134. The normalized spacial score (nSPS) is 19.2. The number of nitrogens with one attached hydrogen (secondary N) is 2. The lowest BCUT2D eigenvalue weighted by Crippen LogP contribution is -2.43. The van der Waals surface area contributed by atoms with Crippen LogP contribution < -0.4 is 16.2 Å². The molecule has 2 N–H and O–H groups in total. The molecule has 1 aliphatic carbocycles. The van der Waals surface area contributed by atoms with E-state index in [-0.39, 0.29) is 5.69 Å². The third-order valence-electron chi connectivity index (χ3n) is 6.54. The number of benzene rings is 2. The number of imide groups is 1. The molecule has 0 bridgehead atoms. The number of hydrogen-bond donors (Lipinski definition) is 2. The molecule has 2 heterocycles. The fourth-order valence-electron chi connectivity index (χ4n) is 4.77. The van der Waals surface area contributed by atoms with Crippen LogP contribution in [0, 0.1) is 6.92 Å². The highest BCUT2D eigenvalue weighted by Crippen LogP contribution is 2.41. The fraction of sp³-hybridized carbons (Fsp3) is 0.250. The summed E-state index contributed by atoms with van der Waals surface area (Å²) in [5.74, 6) is -1.06. The van der Waals surface area contributed by atoms with Crippen molar-refractivity contribution in [3.8, 4) is 5.69 Å². The van der Waals surface area contributed by atoms with Crippen molar-refractivity contribution in [1.29, 1.82) is 0 Å². The highest BCUT2D eigenvalue weighted by molar-refractivity contribution is 6.11. The number of urea groups is 1. The van der Waals surface area contributed by atoms with Crippen molar-refractivity contribution in [2.75, 3.05) is 11.9 Å². The lowest BCUT2D eigenvalue weighted by atomic mass is 9.92. The minimum Gasteiger partial charge on any atom is -0.319 e. The molecule has 2 aliphatic rings. The largest absolute Gasteiger partial charge is 0.325 e. The van der Waals surface area contributed by atoms with Crippen molar-refractivity contribution < 1.29 is 14.4 Å². The zero-order valence-corrected chi connectivity index (χ0v) is 18.3. The van der Waals surface area contributed by atoms with E-state index in [1.807, 2.05) is 42.5 Å². The third-order valence-corrected chi connectivity index (χ3v) is 6.54. The molecule has 1 saturated heterocycles. The molecule has 33 heavy (non-hydrogen) atoms. The number of carbonyl (C=O) groups is 3. The number of aryl methyl sites for hydroxylation is 1. The number of rotatable bonds is 4. The van der Waals surface area contributed by atoms with Gasteiger partial charge in [-0.05, 0) is 43.0 Å². The van der Waals surface area contributed by atoms with Crippen molar-refractivity contribution in [3.05, 3.63) is 81.8 Å². The van der Waals surface area contributed by atoms with Gasteiger partial charge in [-0.2, -0.15) is 0 Å². The summed E-state index contributed by atoms with van der Waals surface area (Å²) in [7, 11) is 1.72. The van der Waals surface area contributed by atoms with E-state index in [0.717, 1.165) is 16.0 Å². The fourth-order valence-corrected chi connectivity index (χ4v) is 4.77. The molecule has 9 heteroatoms. The van der Waals surface area contributed by atoms with E-state index in [1.54, 1.807) is 30.8 Å². The highest BCUT2D eigenvalue weighted by Gasteiger charge is 2.55. The van der Waals surface area contributed by atoms with Gasteiger partial charge >= 0.3 is 6.03 Å². The summed E-state index contributed by atoms with van der Waals surface area (Å²) in [6, 6.07) is 16.0. The maximum Gasteiger partial charge on any atom is 0.325 e. The van der Waals surface area contributed by atoms with Crippen LogP contribution in [-0.2, 0) is 28.6 Å². The predicted molar refractivity (Wildman–Crippen MR) is 121 cm³/mol. The van der Waals surface area contributed by atoms with Gasteiger partial charge in [0.2, 0.25) is 5.91 Å². The molecule has 1 fully saturated rings. The maximum atomic E-state index is 13.3. The molecule has 168 valence electrons. The minimum absolute atomic E-state index is 0.110. The summed E-state index contributed by atoms with van der Waals surface area (Å²) >= 11 is 0. The van der Waals surface area contributed by atoms with Crippen molar-refractivity contribution in [3.63, 3.8) is 0 Å². The van der Waals surface area contributed by atoms with Crippen LogP contribution in [0.15, 0.2) is 59.4 Å². The monoisotopic (exact) mass is 445 g/mol. The molecule has 4 amide bonds. The van der Waals surface area contributed by atoms with Gasteiger partial charge in [0, 0.05) is 7.05 Å². The Morgan fingerprint density at radius 3 is 2.52 bits per heavy atom. The molecule has 0 saturated carbocycles. The van der Waals surface area contributed by atoms with E-state index in [4.69, 9.17) is 0 Å². The topological polar surface area (TPSA) is 105 Å². The number of nitrogens with zero attached hydrogens (tertiary/aromatic N) is 3. The van der Waals surface area contributed by atoms with Gasteiger partial charge in [0.1, 0.15) is 17.8 Å². The Morgan fingerprint density at radius 2 is 1.76 bits per heavy atom. The molecule has 1 atom stereocenters. The quantitative estimate of drug-likeness (QED) is 0.598. The van der Waals surface area contributed by atoms with Crippen LogP contribution >= 0.6 is 0 Å². The van der Waals surface area contributed by atoms with Gasteiger partial charge in [-0.15, -0.1) is 0 Å². The predicted octanol–water partition coefficient (Wildman–Crippen LogP) is 1.82. The Morgan fingerprint density at radius 1 is 1.06 bits per heavy atom. The van der Waals surface area contributed by atoms with Gasteiger partial charge in [0.25, 0.3) is 11.5 Å². The summed E-state index contributed by atoms with van der Waals surface area (Å²) in [5, 5.41) is 5.41. The van der Waals surface area contributed by atoms with Crippen LogP contribution in [0.5, 0.6) is 0 Å². The number of carbonyl (C=O) groups excluding carboxylic acids is 3. The van der Waals surface area contributed by atoms with Crippen molar-refractivity contribution in [2.24, 2.45) is 7.05 Å². The summed E-state index contributed by atoms with van der Waals surface area (Å²) in [5.41, 5.74) is 1.58. The van der Waals surface area contributed by atoms with Crippen LogP contribution in [0.25, 0.3) is 5.69 Å². The molecule has 0 unspecified atom stereocenters. The first kappa shape index (κ1) is 20.7. The van der Waals surface area contributed by atoms with Gasteiger partial charge < -0.3 is 10.6 Å². The molecule has 0 radical (unpaired) electrons. The number of aromatic nitrogens is 2. The number of fused-ring (bicyclic) bond motifs is 2. The Bertz CT molecular complexity index is 1360. The van der Waals surface area contributed by atoms with Crippen LogP contribution in [0.2, 0.25) is 0 Å². The molecule has 1 aliphatic heterocycles. The SMILES string of the molecule is Cc1c(NC(=O)CN2C(=O)N[C@]3(CCc4ccccc43)C2=O)c(=O)n(-c2ccccc2)n1C. The van der Waals surface area contributed by atoms with Gasteiger partial charge in [-0.3, -0.25) is 24.0 Å². The van der Waals surface area contributed by atoms with Crippen molar-refractivity contribution in [1.82, 2.24) is 19.6 Å². The molecule has 1 aromatic heterocycles. The van der Waals surface area contributed by atoms with Crippen LogP contribution in [-0.4, -0.2) is 38.7 Å². The van der Waals surface area contributed by atoms with Crippen LogP contribution in [0.4, 0.5) is 10.5 Å². The van der Waals surface area contributed by atoms with E-state index in [0.29, 0.717) is 24.2 Å². The van der Waals surface area contributed by atoms with Crippen molar-refractivity contribution >= 4 is 23.5 Å². The van der Waals surface area contributed by atoms with E-state index in [2.05, 4.69) is 10.6 Å². The van der Waals surface area contributed by atoms with E-state index < -0.39 is 35.5 Å². The number of anilines is 1. The highest BCUT2D eigenvalue weighted by atomic mass is 16.2. The lowest BCUT2D eigenvalue weighted by Gasteiger charge is -2.22. The van der Waals surface area contributed by atoms with Crippen LogP contribution in [0.3, 0.4) is 0 Å². The van der Waals surface area contributed by atoms with E-state index in [9.17, 15) is 19.2 Å². The smallest absolute Gasteiger partial charge is 0.319 e. The summed E-state index contributed by atoms with van der Waals surface area (Å²) in [6.07, 6.45) is 1.12. The second-order valence-electron chi connectivity index (χ2n) is 8.37. The minimum atomic E-state index is -1.13. The Kier molecular flexibility index (Phi) is 4.70. The zero-order chi connectivity index (χ0) is 23.3. The zero-order valence-electron chi connectivity index (χ0n) is 18.3. The van der Waals surface area contributed by atoms with Gasteiger partial charge in [0.05, 0.1) is 11.4 Å².